The van der Waals surface area contributed by atoms with Crippen LogP contribution in [0.4, 0.5) is 0 Å². The van der Waals surface area contributed by atoms with Gasteiger partial charge in [-0.25, -0.2) is 0 Å². The molecule has 0 amide bonds. The third-order valence-corrected chi connectivity index (χ3v) is 3.99. The molecule has 0 aliphatic carbocycles. The SMILES string of the molecule is CNC(CCN)c1cccc(-c2ccccc2C(C)C)c1. The summed E-state index contributed by atoms with van der Waals surface area (Å²) in [6, 6.07) is 17.8. The molecule has 2 aromatic carbocycles. The zero-order valence-electron chi connectivity index (χ0n) is 13.3. The average Bonchev–Trinajstić information content (AvgIpc) is 2.52. The molecule has 0 aliphatic rings. The maximum Gasteiger partial charge on any atom is 0.0329 e. The van der Waals surface area contributed by atoms with Gasteiger partial charge in [-0.1, -0.05) is 56.3 Å². The molecule has 1 unspecified atom stereocenters. The van der Waals surface area contributed by atoms with E-state index in [1.54, 1.807) is 0 Å². The largest absolute Gasteiger partial charge is 0.330 e. The molecular formula is C19H26N2. The molecule has 2 heteroatoms. The highest BCUT2D eigenvalue weighted by molar-refractivity contribution is 5.68. The maximum absolute atomic E-state index is 5.72. The second-order valence-corrected chi connectivity index (χ2v) is 5.79. The molecule has 3 N–H and O–H groups in total. The molecule has 0 fully saturated rings. The summed E-state index contributed by atoms with van der Waals surface area (Å²) in [4.78, 5) is 0. The van der Waals surface area contributed by atoms with Crippen molar-refractivity contribution >= 4 is 0 Å². The Kier molecular flexibility index (Phi) is 5.54. The quantitative estimate of drug-likeness (QED) is 0.837. The molecule has 0 bridgehead atoms. The Hall–Kier alpha value is -1.64. The van der Waals surface area contributed by atoms with Crippen molar-refractivity contribution in [2.24, 2.45) is 5.73 Å². The summed E-state index contributed by atoms with van der Waals surface area (Å²) < 4.78 is 0. The monoisotopic (exact) mass is 282 g/mol. The lowest BCUT2D eigenvalue weighted by Crippen LogP contribution is -2.19. The zero-order valence-corrected chi connectivity index (χ0v) is 13.3. The third-order valence-electron chi connectivity index (χ3n) is 3.99. The standard InChI is InChI=1S/C19H26N2/c1-14(2)17-9-4-5-10-18(17)15-7-6-8-16(13-15)19(21-3)11-12-20/h4-10,13-14,19,21H,11-12,20H2,1-3H3. The van der Waals surface area contributed by atoms with Crippen molar-refractivity contribution in [1.29, 1.82) is 0 Å². The van der Waals surface area contributed by atoms with Crippen LogP contribution in [-0.4, -0.2) is 13.6 Å². The Bertz CT molecular complexity index is 575. The lowest BCUT2D eigenvalue weighted by atomic mass is 9.91. The predicted molar refractivity (Wildman–Crippen MR) is 91.4 cm³/mol. The maximum atomic E-state index is 5.72. The molecule has 2 rings (SSSR count). The molecule has 21 heavy (non-hydrogen) atoms. The first-order valence-corrected chi connectivity index (χ1v) is 7.74. The molecule has 2 nitrogen and oxygen atoms in total. The van der Waals surface area contributed by atoms with E-state index >= 15 is 0 Å². The van der Waals surface area contributed by atoms with E-state index in [4.69, 9.17) is 5.73 Å². The molecular weight excluding hydrogens is 256 g/mol. The van der Waals surface area contributed by atoms with Crippen LogP contribution in [0, 0.1) is 0 Å². The minimum absolute atomic E-state index is 0.321. The van der Waals surface area contributed by atoms with Gasteiger partial charge in [0.25, 0.3) is 0 Å². The molecule has 2 aromatic rings. The number of nitrogens with two attached hydrogens (primary N) is 1. The Balaban J connectivity index is 2.42. The Morgan fingerprint density at radius 3 is 2.48 bits per heavy atom. The first-order valence-electron chi connectivity index (χ1n) is 7.74. The van der Waals surface area contributed by atoms with Crippen molar-refractivity contribution in [3.05, 3.63) is 59.7 Å². The molecule has 1 atom stereocenters. The fourth-order valence-corrected chi connectivity index (χ4v) is 2.83. The normalized spacial score (nSPS) is 12.6. The Morgan fingerprint density at radius 2 is 1.81 bits per heavy atom. The number of benzene rings is 2. The molecule has 0 heterocycles. The molecule has 0 saturated carbocycles. The van der Waals surface area contributed by atoms with Gasteiger partial charge in [0.15, 0.2) is 0 Å². The average molecular weight is 282 g/mol. The number of nitrogens with one attached hydrogen (secondary N) is 1. The lowest BCUT2D eigenvalue weighted by molar-refractivity contribution is 0.557. The summed E-state index contributed by atoms with van der Waals surface area (Å²) >= 11 is 0. The summed E-state index contributed by atoms with van der Waals surface area (Å²) in [5.41, 5.74) is 11.0. The molecule has 0 saturated heterocycles. The van der Waals surface area contributed by atoms with E-state index in [0.29, 0.717) is 18.5 Å². The van der Waals surface area contributed by atoms with E-state index in [0.717, 1.165) is 6.42 Å². The summed E-state index contributed by atoms with van der Waals surface area (Å²) in [5, 5.41) is 3.36. The van der Waals surface area contributed by atoms with Crippen molar-refractivity contribution in [3.8, 4) is 11.1 Å². The number of hydrogen-bond acceptors (Lipinski definition) is 2. The predicted octanol–water partition coefficient (Wildman–Crippen LogP) is 4.09. The molecule has 0 spiro atoms. The highest BCUT2D eigenvalue weighted by atomic mass is 14.9. The summed E-state index contributed by atoms with van der Waals surface area (Å²) in [7, 11) is 2.00. The van der Waals surface area contributed by atoms with E-state index in [1.165, 1.54) is 22.3 Å². The van der Waals surface area contributed by atoms with Crippen molar-refractivity contribution in [2.45, 2.75) is 32.2 Å². The van der Waals surface area contributed by atoms with Crippen LogP contribution in [0.3, 0.4) is 0 Å². The molecule has 0 radical (unpaired) electrons. The van der Waals surface area contributed by atoms with Crippen LogP contribution in [0.1, 0.15) is 43.4 Å². The summed E-state index contributed by atoms with van der Waals surface area (Å²) in [6.07, 6.45) is 0.950. The lowest BCUT2D eigenvalue weighted by Gasteiger charge is -2.18. The second-order valence-electron chi connectivity index (χ2n) is 5.79. The first-order chi connectivity index (χ1) is 10.2. The van der Waals surface area contributed by atoms with Gasteiger partial charge >= 0.3 is 0 Å². The fourth-order valence-electron chi connectivity index (χ4n) is 2.83. The van der Waals surface area contributed by atoms with Gasteiger partial charge in [0.05, 0.1) is 0 Å². The minimum atomic E-state index is 0.321. The summed E-state index contributed by atoms with van der Waals surface area (Å²) in [6.45, 7) is 5.18. The van der Waals surface area contributed by atoms with Crippen LogP contribution in [0.25, 0.3) is 11.1 Å². The van der Waals surface area contributed by atoms with Gasteiger partial charge in [0.1, 0.15) is 0 Å². The van der Waals surface area contributed by atoms with Gasteiger partial charge in [-0.05, 0) is 54.3 Å². The van der Waals surface area contributed by atoms with Gasteiger partial charge in [-0.15, -0.1) is 0 Å². The minimum Gasteiger partial charge on any atom is -0.330 e. The van der Waals surface area contributed by atoms with Crippen molar-refractivity contribution in [1.82, 2.24) is 5.32 Å². The van der Waals surface area contributed by atoms with Crippen LogP contribution in [0.15, 0.2) is 48.5 Å². The fraction of sp³-hybridized carbons (Fsp3) is 0.368. The van der Waals surface area contributed by atoms with Crippen LogP contribution < -0.4 is 11.1 Å². The van der Waals surface area contributed by atoms with E-state index in [1.807, 2.05) is 7.05 Å². The third kappa shape index (κ3) is 3.72. The number of hydrogen-bond donors (Lipinski definition) is 2. The topological polar surface area (TPSA) is 38.0 Å². The van der Waals surface area contributed by atoms with Gasteiger partial charge in [0.2, 0.25) is 0 Å². The van der Waals surface area contributed by atoms with Crippen LogP contribution in [0.5, 0.6) is 0 Å². The van der Waals surface area contributed by atoms with Gasteiger partial charge < -0.3 is 11.1 Å². The number of rotatable bonds is 6. The van der Waals surface area contributed by atoms with Crippen LogP contribution >= 0.6 is 0 Å². The Labute approximate surface area is 128 Å². The van der Waals surface area contributed by atoms with Crippen molar-refractivity contribution in [3.63, 3.8) is 0 Å². The molecule has 112 valence electrons. The Morgan fingerprint density at radius 1 is 1.05 bits per heavy atom. The van der Waals surface area contributed by atoms with Crippen molar-refractivity contribution in [2.75, 3.05) is 13.6 Å². The van der Waals surface area contributed by atoms with E-state index in [2.05, 4.69) is 67.7 Å². The van der Waals surface area contributed by atoms with Gasteiger partial charge in [-0.2, -0.15) is 0 Å². The van der Waals surface area contributed by atoms with Gasteiger partial charge in [-0.3, -0.25) is 0 Å². The highest BCUT2D eigenvalue weighted by Gasteiger charge is 2.11. The van der Waals surface area contributed by atoms with Crippen molar-refractivity contribution < 1.29 is 0 Å². The summed E-state index contributed by atoms with van der Waals surface area (Å²) in [5.74, 6) is 0.522. The van der Waals surface area contributed by atoms with E-state index in [9.17, 15) is 0 Å². The van der Waals surface area contributed by atoms with Crippen LogP contribution in [-0.2, 0) is 0 Å². The van der Waals surface area contributed by atoms with E-state index in [-0.39, 0.29) is 0 Å². The first kappa shape index (κ1) is 15.7. The highest BCUT2D eigenvalue weighted by Crippen LogP contribution is 2.30. The molecule has 0 aliphatic heterocycles. The van der Waals surface area contributed by atoms with Gasteiger partial charge in [0, 0.05) is 6.04 Å². The van der Waals surface area contributed by atoms with E-state index < -0.39 is 0 Å². The smallest absolute Gasteiger partial charge is 0.0329 e. The van der Waals surface area contributed by atoms with Crippen LogP contribution in [0.2, 0.25) is 0 Å². The second kappa shape index (κ2) is 7.39. The zero-order chi connectivity index (χ0) is 15.2. The molecule has 0 aromatic heterocycles.